The number of ether oxygens (including phenoxy) is 4. The van der Waals surface area contributed by atoms with Crippen LogP contribution in [0.2, 0.25) is 0 Å². The summed E-state index contributed by atoms with van der Waals surface area (Å²) in [7, 11) is -6.27. The van der Waals surface area contributed by atoms with Crippen molar-refractivity contribution >= 4 is 22.4 Å². The second kappa shape index (κ2) is 10.4. The number of anilines is 2. The van der Waals surface area contributed by atoms with E-state index in [0.29, 0.717) is 12.1 Å². The van der Waals surface area contributed by atoms with Crippen LogP contribution in [0.4, 0.5) is 29.1 Å². The highest BCUT2D eigenvalue weighted by atomic mass is 19.4. The van der Waals surface area contributed by atoms with Gasteiger partial charge in [0.25, 0.3) is 0 Å². The minimum absolute atomic E-state index is 0.0343. The summed E-state index contributed by atoms with van der Waals surface area (Å²) < 4.78 is 146. The number of hydrogen-bond donors (Lipinski definition) is 1. The Kier molecular flexibility index (Phi) is 4.36. The smallest absolute Gasteiger partial charge is 0.419 e. The Bertz CT molecular complexity index is 1420. The van der Waals surface area contributed by atoms with E-state index in [1.165, 1.54) is 0 Å². The number of nitrogens with zero attached hydrogens (tertiary/aromatic N) is 2. The van der Waals surface area contributed by atoms with E-state index in [4.69, 9.17) is 23.2 Å². The number of fused-ring (bicyclic) bond motifs is 1. The molecule has 0 bridgehead atoms. The van der Waals surface area contributed by atoms with E-state index in [2.05, 4.69) is 24.8 Å². The first-order valence-corrected chi connectivity index (χ1v) is 8.62. The summed E-state index contributed by atoms with van der Waals surface area (Å²) in [5.41, 5.74) is -1.73. The number of nitrogens with one attached hydrogen (secondary N) is 1. The molecule has 0 saturated carbocycles. The fraction of sp³-hybridized carbons (Fsp3) is 0.333. The fourth-order valence-electron chi connectivity index (χ4n) is 2.62. The Labute approximate surface area is 195 Å². The molecule has 0 aliphatic carbocycles. The molecule has 0 aliphatic heterocycles. The molecule has 1 aromatic heterocycles. The SMILES string of the molecule is [2H]C([2H])([2H])OC([2H])([2H])COc1cc2ncnc(Nc3ccc(F)c(C(F)(F)F)c3)c2cc1OCC([2H])([2H])OC([2H])([2H])[2H]. The number of methoxy groups -OCH3 is 2. The molecular weight excluding hydrogens is 434 g/mol. The van der Waals surface area contributed by atoms with E-state index in [1.807, 2.05) is 0 Å². The summed E-state index contributed by atoms with van der Waals surface area (Å²) in [4.78, 5) is 7.96. The standard InChI is InChI=1S/C21H21F4N3O4/c1-29-5-7-31-18-10-14-17(11-19(18)32-8-6-30-2)26-12-27-20(14)28-13-3-4-16(22)15(9-13)21(23,24)25/h3-4,9-12H,5-8H2,1-2H3,(H,26,27,28)/i1D3,2D3,5D2,6D2. The molecule has 0 saturated heterocycles. The number of alkyl halides is 3. The molecule has 172 valence electrons. The number of benzene rings is 2. The Hall–Kier alpha value is -3.18. The minimum atomic E-state index is -4.99. The average molecular weight is 465 g/mol. The van der Waals surface area contributed by atoms with Gasteiger partial charge >= 0.3 is 6.18 Å². The first-order chi connectivity index (χ1) is 19.0. The topological polar surface area (TPSA) is 74.7 Å². The van der Waals surface area contributed by atoms with Crippen molar-refractivity contribution in [1.29, 1.82) is 0 Å². The van der Waals surface area contributed by atoms with Gasteiger partial charge in [0, 0.05) is 31.2 Å². The minimum Gasteiger partial charge on any atom is -0.487 e. The van der Waals surface area contributed by atoms with E-state index in [0.717, 1.165) is 24.5 Å². The third-order valence-corrected chi connectivity index (χ3v) is 3.95. The van der Waals surface area contributed by atoms with Gasteiger partial charge in [0.1, 0.15) is 31.2 Å². The molecule has 11 heteroatoms. The van der Waals surface area contributed by atoms with Crippen molar-refractivity contribution in [3.8, 4) is 11.5 Å². The van der Waals surface area contributed by atoms with Crippen LogP contribution in [0.3, 0.4) is 0 Å². The lowest BCUT2D eigenvalue weighted by molar-refractivity contribution is -0.139. The van der Waals surface area contributed by atoms with Gasteiger partial charge in [-0.2, -0.15) is 13.2 Å². The maximum Gasteiger partial charge on any atom is 0.419 e. The lowest BCUT2D eigenvalue weighted by atomic mass is 10.1. The monoisotopic (exact) mass is 465 g/mol. The van der Waals surface area contributed by atoms with E-state index in [9.17, 15) is 17.6 Å². The van der Waals surface area contributed by atoms with Crippen molar-refractivity contribution in [2.75, 3.05) is 45.7 Å². The van der Waals surface area contributed by atoms with Crippen LogP contribution in [0.25, 0.3) is 10.9 Å². The van der Waals surface area contributed by atoms with Crippen LogP contribution in [0.1, 0.15) is 19.3 Å². The lowest BCUT2D eigenvalue weighted by Gasteiger charge is -2.16. The van der Waals surface area contributed by atoms with Crippen molar-refractivity contribution in [2.45, 2.75) is 6.18 Å². The number of hydrogen-bond acceptors (Lipinski definition) is 7. The van der Waals surface area contributed by atoms with Crippen LogP contribution in [0.15, 0.2) is 36.7 Å². The first kappa shape index (κ1) is 13.4. The van der Waals surface area contributed by atoms with E-state index in [-0.39, 0.29) is 33.9 Å². The summed E-state index contributed by atoms with van der Waals surface area (Å²) >= 11 is 0. The van der Waals surface area contributed by atoms with E-state index in [1.54, 1.807) is 0 Å². The van der Waals surface area contributed by atoms with Gasteiger partial charge in [0.05, 0.1) is 37.9 Å². The second-order valence-corrected chi connectivity index (χ2v) is 5.93. The molecule has 0 atom stereocenters. The predicted molar refractivity (Wildman–Crippen MR) is 109 cm³/mol. The highest BCUT2D eigenvalue weighted by molar-refractivity contribution is 5.93. The van der Waals surface area contributed by atoms with Gasteiger partial charge in [-0.1, -0.05) is 0 Å². The van der Waals surface area contributed by atoms with E-state index >= 15 is 0 Å². The van der Waals surface area contributed by atoms with Crippen molar-refractivity contribution < 1.29 is 50.2 Å². The molecule has 0 amide bonds. The summed E-state index contributed by atoms with van der Waals surface area (Å²) in [5.74, 6) is -2.35. The largest absolute Gasteiger partial charge is 0.487 e. The third-order valence-electron chi connectivity index (χ3n) is 3.95. The van der Waals surface area contributed by atoms with Crippen LogP contribution in [0, 0.1) is 5.82 Å². The van der Waals surface area contributed by atoms with Gasteiger partial charge in [-0.25, -0.2) is 14.4 Å². The molecule has 2 aromatic carbocycles. The summed E-state index contributed by atoms with van der Waals surface area (Å²) in [5, 5.41) is 2.63. The van der Waals surface area contributed by atoms with Gasteiger partial charge in [-0.15, -0.1) is 0 Å². The highest BCUT2D eigenvalue weighted by Gasteiger charge is 2.34. The van der Waals surface area contributed by atoms with E-state index < -0.39 is 58.0 Å². The molecule has 32 heavy (non-hydrogen) atoms. The zero-order chi connectivity index (χ0) is 31.7. The molecule has 3 rings (SSSR count). The molecule has 1 heterocycles. The fourth-order valence-corrected chi connectivity index (χ4v) is 2.62. The average Bonchev–Trinajstić information content (AvgIpc) is 2.79. The first-order valence-electron chi connectivity index (χ1n) is 13.6. The molecule has 0 fully saturated rings. The zero-order valence-electron chi connectivity index (χ0n) is 25.9. The second-order valence-electron chi connectivity index (χ2n) is 5.93. The van der Waals surface area contributed by atoms with Gasteiger partial charge in [-0.05, 0) is 24.3 Å². The Balaban J connectivity index is 2.02. The third kappa shape index (κ3) is 5.74. The Morgan fingerprint density at radius 3 is 2.34 bits per heavy atom. The Morgan fingerprint density at radius 1 is 1.00 bits per heavy atom. The number of aromatic nitrogens is 2. The van der Waals surface area contributed by atoms with Crippen LogP contribution >= 0.6 is 0 Å². The highest BCUT2D eigenvalue weighted by Crippen LogP contribution is 2.37. The number of halogens is 4. The molecule has 7 nitrogen and oxygen atoms in total. The van der Waals surface area contributed by atoms with Crippen LogP contribution in [-0.2, 0) is 15.7 Å². The molecule has 0 spiro atoms. The van der Waals surface area contributed by atoms with Crippen molar-refractivity contribution in [3.05, 3.63) is 48.0 Å². The van der Waals surface area contributed by atoms with Crippen molar-refractivity contribution in [1.82, 2.24) is 9.97 Å². The van der Waals surface area contributed by atoms with Gasteiger partial charge in [0.15, 0.2) is 11.5 Å². The predicted octanol–water partition coefficient (Wildman–Crippen LogP) is 4.58. The summed E-state index contributed by atoms with van der Waals surface area (Å²) in [6.45, 7) is -7.80. The number of rotatable bonds is 10. The molecule has 3 aromatic rings. The summed E-state index contributed by atoms with van der Waals surface area (Å²) in [6, 6.07) is 4.37. The quantitative estimate of drug-likeness (QED) is 0.439. The van der Waals surface area contributed by atoms with Crippen molar-refractivity contribution in [3.63, 3.8) is 0 Å². The Morgan fingerprint density at radius 2 is 1.69 bits per heavy atom. The summed E-state index contributed by atoms with van der Waals surface area (Å²) in [6.07, 6.45) is -3.99. The maximum atomic E-state index is 13.7. The zero-order valence-corrected chi connectivity index (χ0v) is 15.9. The van der Waals surface area contributed by atoms with Gasteiger partial charge in [-0.3, -0.25) is 0 Å². The lowest BCUT2D eigenvalue weighted by Crippen LogP contribution is -2.09. The molecular formula is C21H21F4N3O4. The maximum absolute atomic E-state index is 13.7. The van der Waals surface area contributed by atoms with Gasteiger partial charge in [0.2, 0.25) is 0 Å². The van der Waals surface area contributed by atoms with Crippen LogP contribution in [0.5, 0.6) is 11.5 Å². The van der Waals surface area contributed by atoms with Gasteiger partial charge < -0.3 is 24.3 Å². The van der Waals surface area contributed by atoms with Crippen LogP contribution < -0.4 is 14.8 Å². The normalized spacial score (nSPS) is 17.9. The molecule has 0 radical (unpaired) electrons. The van der Waals surface area contributed by atoms with Crippen LogP contribution in [-0.4, -0.2) is 50.4 Å². The molecule has 1 N–H and O–H groups in total. The molecule has 0 unspecified atom stereocenters. The molecule has 0 aliphatic rings. The van der Waals surface area contributed by atoms with Crippen molar-refractivity contribution in [2.24, 2.45) is 0 Å².